The van der Waals surface area contributed by atoms with Crippen LogP contribution < -0.4 is 21.7 Å². The smallest absolute Gasteiger partial charge is 0.270 e. The van der Waals surface area contributed by atoms with Gasteiger partial charge in [-0.3, -0.25) is 5.10 Å². The summed E-state index contributed by atoms with van der Waals surface area (Å²) >= 11 is 0. The normalized spacial score (nSPS) is 12.6. The van der Waals surface area contributed by atoms with Crippen LogP contribution in [0.15, 0.2) is 54.7 Å². The second-order valence-corrected chi connectivity index (χ2v) is 9.47. The molecule has 5 aromatic rings. The first-order valence-electron chi connectivity index (χ1n) is 11.3. The SMILES string of the molecule is CC(C)(C)c1[nH]n2nc(-c3ccccc3)nc2c1N[NH2+]c1ccc2c(c1)-n1ncc(C#N)c1[NH2+]N2. The van der Waals surface area contributed by atoms with E-state index in [9.17, 15) is 5.26 Å². The Kier molecular flexibility index (Phi) is 4.60. The van der Waals surface area contributed by atoms with Crippen molar-refractivity contribution >= 4 is 28.5 Å². The number of quaternary nitrogens is 2. The van der Waals surface area contributed by atoms with Crippen molar-refractivity contribution in [3.8, 4) is 23.1 Å². The number of fused-ring (bicyclic) bond motifs is 4. The first-order valence-corrected chi connectivity index (χ1v) is 11.3. The van der Waals surface area contributed by atoms with E-state index < -0.39 is 0 Å². The van der Waals surface area contributed by atoms with Gasteiger partial charge in [-0.1, -0.05) is 51.1 Å². The van der Waals surface area contributed by atoms with Crippen molar-refractivity contribution in [2.45, 2.75) is 26.2 Å². The maximum absolute atomic E-state index is 9.34. The Bertz CT molecular complexity index is 1590. The molecule has 0 aliphatic carbocycles. The number of hydrogen-bond acceptors (Lipinski definition) is 6. The second-order valence-electron chi connectivity index (χ2n) is 9.47. The predicted octanol–water partition coefficient (Wildman–Crippen LogP) is 1.84. The Morgan fingerprint density at radius 2 is 1.97 bits per heavy atom. The van der Waals surface area contributed by atoms with Crippen LogP contribution in [0.2, 0.25) is 0 Å². The third-order valence-electron chi connectivity index (χ3n) is 6.00. The van der Waals surface area contributed by atoms with Crippen molar-refractivity contribution in [3.05, 3.63) is 66.0 Å². The van der Waals surface area contributed by atoms with Crippen LogP contribution in [-0.4, -0.2) is 29.6 Å². The molecule has 0 fully saturated rings. The summed E-state index contributed by atoms with van der Waals surface area (Å²) in [5.74, 6) is 1.40. The molecule has 0 atom stereocenters. The molecular weight excluding hydrogens is 442 g/mol. The zero-order valence-electron chi connectivity index (χ0n) is 19.5. The Morgan fingerprint density at radius 3 is 2.74 bits per heavy atom. The van der Waals surface area contributed by atoms with Crippen molar-refractivity contribution in [2.24, 2.45) is 0 Å². The molecule has 0 bridgehead atoms. The number of rotatable bonds is 4. The first kappa shape index (κ1) is 20.9. The highest BCUT2D eigenvalue weighted by Gasteiger charge is 2.28. The molecule has 0 unspecified atom stereocenters. The van der Waals surface area contributed by atoms with Crippen molar-refractivity contribution < 1.29 is 10.9 Å². The van der Waals surface area contributed by atoms with Gasteiger partial charge in [-0.15, -0.1) is 5.10 Å². The molecule has 1 aliphatic heterocycles. The molecule has 4 heterocycles. The Labute approximate surface area is 200 Å². The molecule has 0 radical (unpaired) electrons. The van der Waals surface area contributed by atoms with Crippen molar-refractivity contribution in [2.75, 3.05) is 10.9 Å². The van der Waals surface area contributed by atoms with Crippen LogP contribution in [0.3, 0.4) is 0 Å². The van der Waals surface area contributed by atoms with E-state index in [-0.39, 0.29) is 5.41 Å². The van der Waals surface area contributed by atoms with Gasteiger partial charge in [0, 0.05) is 23.1 Å². The average Bonchev–Trinajstić information content (AvgIpc) is 3.55. The fourth-order valence-electron chi connectivity index (χ4n) is 4.23. The van der Waals surface area contributed by atoms with Crippen LogP contribution in [0, 0.1) is 11.3 Å². The molecule has 0 amide bonds. The van der Waals surface area contributed by atoms with Gasteiger partial charge in [0.25, 0.3) is 5.82 Å². The quantitative estimate of drug-likeness (QED) is 0.155. The van der Waals surface area contributed by atoms with Gasteiger partial charge in [0.2, 0.25) is 5.65 Å². The highest BCUT2D eigenvalue weighted by Crippen LogP contribution is 2.32. The van der Waals surface area contributed by atoms with Gasteiger partial charge in [-0.05, 0) is 6.07 Å². The average molecular weight is 468 g/mol. The van der Waals surface area contributed by atoms with Gasteiger partial charge in [0.05, 0.1) is 11.9 Å². The number of benzene rings is 2. The van der Waals surface area contributed by atoms with E-state index >= 15 is 0 Å². The summed E-state index contributed by atoms with van der Waals surface area (Å²) < 4.78 is 3.51. The number of anilines is 2. The van der Waals surface area contributed by atoms with E-state index in [0.717, 1.165) is 45.5 Å². The number of H-pyrrole nitrogens is 1. The number of nitrogen functional groups attached to an aromatic ring is 2. The van der Waals surface area contributed by atoms with E-state index in [4.69, 9.17) is 4.98 Å². The lowest BCUT2D eigenvalue weighted by Crippen LogP contribution is -2.85. The molecule has 0 saturated heterocycles. The summed E-state index contributed by atoms with van der Waals surface area (Å²) in [4.78, 5) is 4.82. The van der Waals surface area contributed by atoms with Crippen LogP contribution in [0.1, 0.15) is 32.0 Å². The van der Waals surface area contributed by atoms with E-state index in [1.54, 1.807) is 20.9 Å². The second kappa shape index (κ2) is 7.69. The van der Waals surface area contributed by atoms with Gasteiger partial charge < -0.3 is 0 Å². The van der Waals surface area contributed by atoms with E-state index in [1.807, 2.05) is 54.0 Å². The van der Waals surface area contributed by atoms with Gasteiger partial charge in [0.1, 0.15) is 17.4 Å². The molecule has 174 valence electrons. The number of nitrogens with zero attached hydrogens (tertiary/aromatic N) is 6. The van der Waals surface area contributed by atoms with Gasteiger partial charge in [-0.2, -0.15) is 25.1 Å². The lowest BCUT2D eigenvalue weighted by Gasteiger charge is -2.19. The molecule has 0 spiro atoms. The van der Waals surface area contributed by atoms with Crippen LogP contribution in [0.5, 0.6) is 0 Å². The number of nitrogens with one attached hydrogen (secondary N) is 3. The van der Waals surface area contributed by atoms with Crippen LogP contribution in [0.25, 0.3) is 22.7 Å². The number of nitriles is 1. The molecule has 1 aliphatic rings. The van der Waals surface area contributed by atoms with E-state index in [1.165, 1.54) is 0 Å². The molecular formula is C24H25N11+2. The number of hydrogen-bond donors (Lipinski definition) is 5. The third kappa shape index (κ3) is 3.48. The minimum atomic E-state index is -0.154. The molecule has 0 saturated carbocycles. The lowest BCUT2D eigenvalue weighted by molar-refractivity contribution is -0.546. The fourth-order valence-corrected chi connectivity index (χ4v) is 4.23. The Hall–Kier alpha value is -4.66. The largest absolute Gasteiger partial charge is 0.277 e. The molecule has 7 N–H and O–H groups in total. The minimum absolute atomic E-state index is 0.154. The number of aromatic amines is 1. The monoisotopic (exact) mass is 467 g/mol. The van der Waals surface area contributed by atoms with Crippen LogP contribution in [-0.2, 0) is 5.41 Å². The Balaban J connectivity index is 1.35. The molecule has 11 heteroatoms. The minimum Gasteiger partial charge on any atom is -0.277 e. The highest BCUT2D eigenvalue weighted by molar-refractivity contribution is 5.73. The van der Waals surface area contributed by atoms with Crippen molar-refractivity contribution in [1.82, 2.24) is 29.6 Å². The van der Waals surface area contributed by atoms with Crippen molar-refractivity contribution in [1.29, 1.82) is 5.26 Å². The summed E-state index contributed by atoms with van der Waals surface area (Å²) in [6.07, 6.45) is 1.58. The summed E-state index contributed by atoms with van der Waals surface area (Å²) in [7, 11) is 0. The summed E-state index contributed by atoms with van der Waals surface area (Å²) in [6.45, 7) is 6.44. The standard InChI is InChI=1S/C24H23N11/c1-24(2,3)20-19(23-27-21(33-35(23)32-20)14-7-5-4-6-8-14)30-28-16-9-10-17-18(11-16)34-22(31-29-17)15(12-25)13-26-34/h4-11,13,28-32H,1-3H3/p+2. The van der Waals surface area contributed by atoms with Crippen LogP contribution in [0.4, 0.5) is 22.9 Å². The summed E-state index contributed by atoms with van der Waals surface area (Å²) in [5, 5.41) is 21.8. The van der Waals surface area contributed by atoms with E-state index in [2.05, 4.69) is 53.0 Å². The highest BCUT2D eigenvalue weighted by atomic mass is 15.5. The number of aromatic nitrogens is 6. The molecule has 6 rings (SSSR count). The lowest BCUT2D eigenvalue weighted by atomic mass is 9.91. The number of nitrogens with two attached hydrogens (primary N) is 2. The van der Waals surface area contributed by atoms with Crippen LogP contribution >= 0.6 is 0 Å². The van der Waals surface area contributed by atoms with Gasteiger partial charge in [-0.25, -0.2) is 21.3 Å². The Morgan fingerprint density at radius 1 is 1.14 bits per heavy atom. The molecule has 11 nitrogen and oxygen atoms in total. The molecule has 2 aromatic carbocycles. The maximum atomic E-state index is 9.34. The molecule has 35 heavy (non-hydrogen) atoms. The summed E-state index contributed by atoms with van der Waals surface area (Å²) in [6, 6.07) is 18.2. The maximum Gasteiger partial charge on any atom is 0.270 e. The first-order chi connectivity index (χ1) is 16.9. The zero-order chi connectivity index (χ0) is 24.2. The third-order valence-corrected chi connectivity index (χ3v) is 6.00. The topological polar surface area (TPSA) is 145 Å². The van der Waals surface area contributed by atoms with Crippen molar-refractivity contribution in [3.63, 3.8) is 0 Å². The van der Waals surface area contributed by atoms with Gasteiger partial charge in [0.15, 0.2) is 22.8 Å². The summed E-state index contributed by atoms with van der Waals surface area (Å²) in [5.41, 5.74) is 17.2. The molecule has 3 aromatic heterocycles. The zero-order valence-corrected chi connectivity index (χ0v) is 19.5. The fraction of sp³-hybridized carbons (Fsp3) is 0.167. The van der Waals surface area contributed by atoms with Gasteiger partial charge >= 0.3 is 0 Å². The predicted molar refractivity (Wildman–Crippen MR) is 130 cm³/mol. The van der Waals surface area contributed by atoms with E-state index in [0.29, 0.717) is 11.4 Å².